The smallest absolute Gasteiger partial charge is 0.286 e. The predicted octanol–water partition coefficient (Wildman–Crippen LogP) is 3.71. The summed E-state index contributed by atoms with van der Waals surface area (Å²) in [5.41, 5.74) is 3.45. The van der Waals surface area contributed by atoms with E-state index in [1.807, 2.05) is 29.6 Å². The van der Waals surface area contributed by atoms with E-state index in [2.05, 4.69) is 20.4 Å². The third kappa shape index (κ3) is 5.02. The number of thiazole rings is 1. The highest BCUT2D eigenvalue weighted by atomic mass is 32.1. The molecule has 0 radical (unpaired) electrons. The summed E-state index contributed by atoms with van der Waals surface area (Å²) in [5, 5.41) is 20.4. The number of nitrogens with zero attached hydrogens (tertiary/aromatic N) is 5. The van der Waals surface area contributed by atoms with Crippen LogP contribution in [0.5, 0.6) is 11.5 Å². The molecular formula is C22H20N6O5S. The molecule has 2 aromatic heterocycles. The molecule has 34 heavy (non-hydrogen) atoms. The van der Waals surface area contributed by atoms with Crippen LogP contribution in [0.25, 0.3) is 5.69 Å². The van der Waals surface area contributed by atoms with Gasteiger partial charge in [0, 0.05) is 11.4 Å². The van der Waals surface area contributed by atoms with Crippen LogP contribution in [0.4, 0.5) is 5.69 Å². The van der Waals surface area contributed by atoms with Gasteiger partial charge in [-0.15, -0.1) is 11.3 Å². The molecule has 0 aliphatic heterocycles. The van der Waals surface area contributed by atoms with E-state index in [0.717, 1.165) is 11.3 Å². The van der Waals surface area contributed by atoms with E-state index in [1.165, 1.54) is 36.9 Å². The lowest BCUT2D eigenvalue weighted by atomic mass is 10.1. The van der Waals surface area contributed by atoms with E-state index in [-0.39, 0.29) is 29.4 Å². The van der Waals surface area contributed by atoms with Gasteiger partial charge in [-0.25, -0.2) is 14.6 Å². The molecule has 0 saturated carbocycles. The van der Waals surface area contributed by atoms with Crippen molar-refractivity contribution in [2.75, 3.05) is 7.11 Å². The molecule has 4 rings (SSSR count). The molecule has 0 fully saturated rings. The molecule has 1 amide bonds. The summed E-state index contributed by atoms with van der Waals surface area (Å²) < 4.78 is 12.6. The quantitative estimate of drug-likeness (QED) is 0.283. The molecule has 1 atom stereocenters. The summed E-state index contributed by atoms with van der Waals surface area (Å²) in [5.74, 6) is -0.254. The lowest BCUT2D eigenvalue weighted by Gasteiger charge is -2.16. The zero-order valence-corrected chi connectivity index (χ0v) is 19.1. The van der Waals surface area contributed by atoms with E-state index in [0.29, 0.717) is 5.69 Å². The van der Waals surface area contributed by atoms with E-state index in [1.54, 1.807) is 23.4 Å². The van der Waals surface area contributed by atoms with Gasteiger partial charge in [0.1, 0.15) is 24.8 Å². The molecule has 0 aliphatic carbocycles. The maximum atomic E-state index is 13.0. The van der Waals surface area contributed by atoms with Gasteiger partial charge in [0.2, 0.25) is 0 Å². The van der Waals surface area contributed by atoms with Crippen molar-refractivity contribution in [1.29, 1.82) is 0 Å². The first kappa shape index (κ1) is 22.9. The number of hydrogen-bond donors (Lipinski definition) is 1. The van der Waals surface area contributed by atoms with Crippen LogP contribution in [-0.2, 0) is 6.61 Å². The summed E-state index contributed by atoms with van der Waals surface area (Å²) in [7, 11) is 1.40. The second-order valence-corrected chi connectivity index (χ2v) is 7.89. The fourth-order valence-electron chi connectivity index (χ4n) is 3.23. The second-order valence-electron chi connectivity index (χ2n) is 7.17. The zero-order valence-electron chi connectivity index (χ0n) is 18.2. The van der Waals surface area contributed by atoms with E-state index in [9.17, 15) is 14.9 Å². The maximum Gasteiger partial charge on any atom is 0.286 e. The summed E-state index contributed by atoms with van der Waals surface area (Å²) in [6.45, 7) is 1.90. The average molecular weight is 481 g/mol. The number of methoxy groups -OCH3 is 1. The minimum Gasteiger partial charge on any atom is -0.493 e. The number of hydrogen-bond acceptors (Lipinski definition) is 9. The van der Waals surface area contributed by atoms with Crippen LogP contribution in [0.1, 0.15) is 34.6 Å². The van der Waals surface area contributed by atoms with Crippen LogP contribution < -0.4 is 14.8 Å². The van der Waals surface area contributed by atoms with Crippen molar-refractivity contribution in [2.24, 2.45) is 0 Å². The maximum absolute atomic E-state index is 13.0. The number of rotatable bonds is 9. The predicted molar refractivity (Wildman–Crippen MR) is 123 cm³/mol. The summed E-state index contributed by atoms with van der Waals surface area (Å²) in [6, 6.07) is 9.45. The Labute approximate surface area is 198 Å². The van der Waals surface area contributed by atoms with Gasteiger partial charge in [-0.2, -0.15) is 5.10 Å². The number of aromatic nitrogens is 4. The zero-order chi connectivity index (χ0) is 24.1. The van der Waals surface area contributed by atoms with Crippen molar-refractivity contribution in [2.45, 2.75) is 19.6 Å². The van der Waals surface area contributed by atoms with Crippen LogP contribution in [-0.4, -0.2) is 37.7 Å². The molecule has 1 unspecified atom stereocenters. The molecule has 12 heteroatoms. The molecule has 0 bridgehead atoms. The second kappa shape index (κ2) is 10.1. The van der Waals surface area contributed by atoms with Crippen LogP contribution in [0.2, 0.25) is 0 Å². The molecular weight excluding hydrogens is 460 g/mol. The van der Waals surface area contributed by atoms with Crippen molar-refractivity contribution in [1.82, 2.24) is 25.1 Å². The number of nitro benzene ring substituents is 1. The molecule has 4 aromatic rings. The Morgan fingerprint density at radius 3 is 2.68 bits per heavy atom. The molecule has 174 valence electrons. The minimum absolute atomic E-state index is 0.115. The van der Waals surface area contributed by atoms with Gasteiger partial charge in [0.25, 0.3) is 11.6 Å². The highest BCUT2D eigenvalue weighted by molar-refractivity contribution is 7.07. The lowest BCUT2D eigenvalue weighted by Crippen LogP contribution is -2.27. The Bertz CT molecular complexity index is 1280. The van der Waals surface area contributed by atoms with Crippen LogP contribution in [0.3, 0.4) is 0 Å². The number of nitrogens with one attached hydrogen (secondary N) is 1. The van der Waals surface area contributed by atoms with Gasteiger partial charge in [-0.05, 0) is 24.6 Å². The molecule has 2 aromatic carbocycles. The topological polar surface area (TPSA) is 134 Å². The van der Waals surface area contributed by atoms with Crippen LogP contribution >= 0.6 is 11.3 Å². The van der Waals surface area contributed by atoms with Crippen molar-refractivity contribution in [3.63, 3.8) is 0 Å². The number of ether oxygens (including phenoxy) is 2. The SMILES string of the molecule is COc1cc(C(=O)NC(C)c2ccc(-n3cncn3)cc2)c([N+](=O)[O-])cc1OCc1cscn1. The monoisotopic (exact) mass is 480 g/mol. The van der Waals surface area contributed by atoms with Crippen molar-refractivity contribution in [3.05, 3.63) is 86.9 Å². The Kier molecular flexibility index (Phi) is 6.78. The number of benzene rings is 2. The Balaban J connectivity index is 1.53. The third-order valence-electron chi connectivity index (χ3n) is 5.01. The standard InChI is InChI=1S/C22H20N6O5S/c1-14(15-3-5-17(6-4-15)27-12-23-11-25-27)26-22(29)18-7-20(32-2)21(8-19(18)28(30)31)33-9-16-10-34-13-24-16/h3-8,10-14H,9H2,1-2H3,(H,26,29). The summed E-state index contributed by atoms with van der Waals surface area (Å²) in [4.78, 5) is 32.1. The first-order valence-electron chi connectivity index (χ1n) is 10.1. The van der Waals surface area contributed by atoms with Gasteiger partial charge in [0.15, 0.2) is 11.5 Å². The Hall–Kier alpha value is -4.32. The number of carbonyl (C=O) groups is 1. The molecule has 0 spiro atoms. The van der Waals surface area contributed by atoms with Gasteiger partial charge >= 0.3 is 0 Å². The first-order chi connectivity index (χ1) is 16.5. The Morgan fingerprint density at radius 1 is 1.26 bits per heavy atom. The van der Waals surface area contributed by atoms with E-state index in [4.69, 9.17) is 9.47 Å². The van der Waals surface area contributed by atoms with E-state index >= 15 is 0 Å². The molecule has 0 aliphatic rings. The molecule has 0 saturated heterocycles. The van der Waals surface area contributed by atoms with Crippen LogP contribution in [0.15, 0.2) is 59.9 Å². The molecule has 11 nitrogen and oxygen atoms in total. The fraction of sp³-hybridized carbons (Fsp3) is 0.182. The van der Waals surface area contributed by atoms with Gasteiger partial charge in [-0.1, -0.05) is 12.1 Å². The Morgan fingerprint density at radius 2 is 2.06 bits per heavy atom. The first-order valence-corrected chi connectivity index (χ1v) is 11.0. The van der Waals surface area contributed by atoms with Crippen LogP contribution in [0, 0.1) is 10.1 Å². The normalized spacial score (nSPS) is 11.6. The molecule has 2 heterocycles. The van der Waals surface area contributed by atoms with Gasteiger partial charge < -0.3 is 14.8 Å². The fourth-order valence-corrected chi connectivity index (χ4v) is 3.77. The largest absolute Gasteiger partial charge is 0.493 e. The molecule has 1 N–H and O–H groups in total. The van der Waals surface area contributed by atoms with Gasteiger partial charge in [0.05, 0.1) is 41.0 Å². The van der Waals surface area contributed by atoms with Gasteiger partial charge in [-0.3, -0.25) is 14.9 Å². The minimum atomic E-state index is -0.623. The number of carbonyl (C=O) groups excluding carboxylic acids is 1. The summed E-state index contributed by atoms with van der Waals surface area (Å²) >= 11 is 1.41. The third-order valence-corrected chi connectivity index (χ3v) is 5.64. The average Bonchev–Trinajstić information content (AvgIpc) is 3.56. The number of amides is 1. The highest BCUT2D eigenvalue weighted by Gasteiger charge is 2.26. The van der Waals surface area contributed by atoms with Crippen molar-refractivity contribution in [3.8, 4) is 17.2 Å². The summed E-state index contributed by atoms with van der Waals surface area (Å²) in [6.07, 6.45) is 3.02. The van der Waals surface area contributed by atoms with E-state index < -0.39 is 16.9 Å². The highest BCUT2D eigenvalue weighted by Crippen LogP contribution is 2.35. The lowest BCUT2D eigenvalue weighted by molar-refractivity contribution is -0.385. The van der Waals surface area contributed by atoms with Crippen molar-refractivity contribution < 1.29 is 19.2 Å². The van der Waals surface area contributed by atoms with Crippen molar-refractivity contribution >= 4 is 22.9 Å². The number of nitro groups is 1.